The van der Waals surface area contributed by atoms with E-state index in [2.05, 4.69) is 25.5 Å². The van der Waals surface area contributed by atoms with Crippen LogP contribution in [0.1, 0.15) is 36.5 Å². The van der Waals surface area contributed by atoms with Crippen LogP contribution in [0.2, 0.25) is 0 Å². The van der Waals surface area contributed by atoms with E-state index in [4.69, 9.17) is 0 Å². The zero-order valence-electron chi connectivity index (χ0n) is 18.0. The first-order valence-electron chi connectivity index (χ1n) is 10.3. The van der Waals surface area contributed by atoms with Gasteiger partial charge in [0.1, 0.15) is 5.69 Å². The molecule has 1 unspecified atom stereocenters. The highest BCUT2D eigenvalue weighted by atomic mass is 19.4. The average molecular weight is 460 g/mol. The van der Waals surface area contributed by atoms with Crippen LogP contribution in [0.5, 0.6) is 0 Å². The highest BCUT2D eigenvalue weighted by Gasteiger charge is 2.38. The highest BCUT2D eigenvalue weighted by Crippen LogP contribution is 2.37. The molecular formula is C22H23F3N6O2. The minimum Gasteiger partial charge on any atom is -0.390 e. The van der Waals surface area contributed by atoms with Crippen molar-refractivity contribution in [3.05, 3.63) is 54.2 Å². The molecule has 0 radical (unpaired) electrons. The molecule has 4 rings (SSSR count). The second-order valence-corrected chi connectivity index (χ2v) is 8.52. The lowest BCUT2D eigenvalue weighted by molar-refractivity contribution is -0.140. The number of anilines is 2. The molecule has 0 aliphatic carbocycles. The van der Waals surface area contributed by atoms with E-state index in [-0.39, 0.29) is 11.6 Å². The van der Waals surface area contributed by atoms with Crippen molar-refractivity contribution < 1.29 is 23.1 Å². The van der Waals surface area contributed by atoms with Crippen molar-refractivity contribution in [1.82, 2.24) is 20.2 Å². The minimum atomic E-state index is -4.76. The Balaban J connectivity index is 1.61. The summed E-state index contributed by atoms with van der Waals surface area (Å²) in [4.78, 5) is 22.5. The van der Waals surface area contributed by atoms with Gasteiger partial charge in [-0.05, 0) is 38.5 Å². The number of amides is 1. The molecule has 0 saturated carbocycles. The molecule has 0 aromatic carbocycles. The third-order valence-corrected chi connectivity index (χ3v) is 5.72. The van der Waals surface area contributed by atoms with Crippen molar-refractivity contribution in [2.45, 2.75) is 32.0 Å². The number of pyridine rings is 2. The summed E-state index contributed by atoms with van der Waals surface area (Å²) in [5.74, 6) is -0.826. The Bertz CT molecular complexity index is 1140. The molecule has 174 valence electrons. The number of aromatic amines is 1. The number of hydrogen-bond acceptors (Lipinski definition) is 6. The van der Waals surface area contributed by atoms with Gasteiger partial charge in [-0.25, -0.2) is 9.97 Å². The summed E-state index contributed by atoms with van der Waals surface area (Å²) in [5.41, 5.74) is -1.07. The lowest BCUT2D eigenvalue weighted by atomic mass is 9.90. The van der Waals surface area contributed by atoms with Crippen molar-refractivity contribution in [2.75, 3.05) is 23.3 Å². The van der Waals surface area contributed by atoms with Gasteiger partial charge >= 0.3 is 6.18 Å². The maximum absolute atomic E-state index is 13.6. The maximum atomic E-state index is 13.6. The minimum absolute atomic E-state index is 0.0345. The summed E-state index contributed by atoms with van der Waals surface area (Å²) in [5, 5.41) is 19.1. The van der Waals surface area contributed by atoms with Crippen LogP contribution in [-0.2, 0) is 6.18 Å². The molecule has 4 heterocycles. The zero-order chi connectivity index (χ0) is 23.8. The van der Waals surface area contributed by atoms with E-state index >= 15 is 0 Å². The monoisotopic (exact) mass is 460 g/mol. The number of H-pyrrole nitrogens is 1. The predicted molar refractivity (Wildman–Crippen MR) is 116 cm³/mol. The van der Waals surface area contributed by atoms with Crippen LogP contribution in [0.25, 0.3) is 11.3 Å². The van der Waals surface area contributed by atoms with E-state index in [1.807, 2.05) is 4.90 Å². The molecule has 3 aromatic rings. The number of rotatable bonds is 5. The van der Waals surface area contributed by atoms with Crippen molar-refractivity contribution in [2.24, 2.45) is 5.92 Å². The number of alkyl halides is 3. The van der Waals surface area contributed by atoms with Crippen LogP contribution < -0.4 is 10.2 Å². The Kier molecular flexibility index (Phi) is 5.83. The Morgan fingerprint density at radius 3 is 2.70 bits per heavy atom. The topological polar surface area (TPSA) is 107 Å². The average Bonchev–Trinajstić information content (AvgIpc) is 3.45. The number of nitrogens with zero attached hydrogens (tertiary/aromatic N) is 4. The Hall–Kier alpha value is -3.47. The summed E-state index contributed by atoms with van der Waals surface area (Å²) in [6.07, 6.45) is 0.195. The summed E-state index contributed by atoms with van der Waals surface area (Å²) < 4.78 is 40.8. The smallest absolute Gasteiger partial charge is 0.390 e. The van der Waals surface area contributed by atoms with Crippen LogP contribution >= 0.6 is 0 Å². The van der Waals surface area contributed by atoms with Crippen molar-refractivity contribution >= 4 is 17.3 Å². The molecule has 8 nitrogen and oxygen atoms in total. The van der Waals surface area contributed by atoms with Gasteiger partial charge in [-0.1, -0.05) is 6.07 Å². The van der Waals surface area contributed by atoms with Crippen LogP contribution in [0.15, 0.2) is 42.9 Å². The van der Waals surface area contributed by atoms with Crippen LogP contribution in [0.4, 0.5) is 24.5 Å². The molecule has 1 aliphatic rings. The van der Waals surface area contributed by atoms with E-state index in [1.54, 1.807) is 32.2 Å². The summed E-state index contributed by atoms with van der Waals surface area (Å²) in [7, 11) is 0. The van der Waals surface area contributed by atoms with Gasteiger partial charge < -0.3 is 15.3 Å². The summed E-state index contributed by atoms with van der Waals surface area (Å²) >= 11 is 0. The first-order chi connectivity index (χ1) is 15.5. The maximum Gasteiger partial charge on any atom is 0.435 e. The third kappa shape index (κ3) is 4.98. The fourth-order valence-corrected chi connectivity index (χ4v) is 3.82. The molecule has 1 aliphatic heterocycles. The molecular weight excluding hydrogens is 437 g/mol. The van der Waals surface area contributed by atoms with E-state index in [0.29, 0.717) is 36.5 Å². The van der Waals surface area contributed by atoms with Crippen molar-refractivity contribution in [3.63, 3.8) is 0 Å². The second-order valence-electron chi connectivity index (χ2n) is 8.52. The fourth-order valence-electron chi connectivity index (χ4n) is 3.82. The van der Waals surface area contributed by atoms with Gasteiger partial charge in [-0.3, -0.25) is 9.89 Å². The van der Waals surface area contributed by atoms with Gasteiger partial charge in [0.15, 0.2) is 5.69 Å². The highest BCUT2D eigenvalue weighted by molar-refractivity contribution is 6.03. The number of aromatic nitrogens is 4. The number of halogens is 3. The first kappa shape index (κ1) is 22.7. The normalized spacial score (nSPS) is 16.8. The van der Waals surface area contributed by atoms with Crippen LogP contribution in [0.3, 0.4) is 0 Å². The van der Waals surface area contributed by atoms with E-state index in [1.165, 1.54) is 18.3 Å². The molecule has 11 heteroatoms. The molecule has 1 amide bonds. The second kappa shape index (κ2) is 8.47. The van der Waals surface area contributed by atoms with Gasteiger partial charge in [-0.2, -0.15) is 18.3 Å². The fraction of sp³-hybridized carbons (Fsp3) is 0.364. The molecule has 3 N–H and O–H groups in total. The zero-order valence-corrected chi connectivity index (χ0v) is 18.0. The lowest BCUT2D eigenvalue weighted by Crippen LogP contribution is -2.33. The quantitative estimate of drug-likeness (QED) is 0.536. The SMILES string of the molecule is CC(C)(O)C1CCN(c2cnc(C(F)(F)F)c(NC(=O)c3cccc(-c4cn[nH]c4)n3)c2)C1. The van der Waals surface area contributed by atoms with Crippen LogP contribution in [-0.4, -0.2) is 49.9 Å². The summed E-state index contributed by atoms with van der Waals surface area (Å²) in [6, 6.07) is 5.93. The molecule has 0 spiro atoms. The Morgan fingerprint density at radius 1 is 1.27 bits per heavy atom. The number of aliphatic hydroxyl groups is 1. The van der Waals surface area contributed by atoms with E-state index in [0.717, 1.165) is 6.20 Å². The molecule has 1 fully saturated rings. The largest absolute Gasteiger partial charge is 0.435 e. The number of carbonyl (C=O) groups is 1. The molecule has 1 saturated heterocycles. The molecule has 3 aromatic heterocycles. The molecule has 1 atom stereocenters. The number of nitrogens with one attached hydrogen (secondary N) is 2. The first-order valence-corrected chi connectivity index (χ1v) is 10.3. The predicted octanol–water partition coefficient (Wildman–Crippen LogP) is 3.74. The molecule has 33 heavy (non-hydrogen) atoms. The Morgan fingerprint density at radius 2 is 2.06 bits per heavy atom. The van der Waals surface area contributed by atoms with Gasteiger partial charge in [0.2, 0.25) is 0 Å². The molecule has 0 bridgehead atoms. The van der Waals surface area contributed by atoms with E-state index < -0.39 is 29.1 Å². The van der Waals surface area contributed by atoms with Gasteiger partial charge in [-0.15, -0.1) is 0 Å². The van der Waals surface area contributed by atoms with Crippen molar-refractivity contribution in [3.8, 4) is 11.3 Å². The lowest BCUT2D eigenvalue weighted by Gasteiger charge is -2.26. The van der Waals surface area contributed by atoms with Gasteiger partial charge in [0.25, 0.3) is 5.91 Å². The van der Waals surface area contributed by atoms with Gasteiger partial charge in [0, 0.05) is 30.8 Å². The standard InChI is InChI=1S/C22H23F3N6O2/c1-21(2,33)14-6-7-31(12-14)15-8-18(19(26-11-15)22(23,24)25)30-20(32)17-5-3-4-16(29-17)13-9-27-28-10-13/h3-5,8-11,14,33H,6-7,12H2,1-2H3,(H,27,28)(H,30,32). The number of carbonyl (C=O) groups excluding carboxylic acids is 1. The number of hydrogen-bond donors (Lipinski definition) is 3. The van der Waals surface area contributed by atoms with E-state index in [9.17, 15) is 23.1 Å². The van der Waals surface area contributed by atoms with Crippen molar-refractivity contribution in [1.29, 1.82) is 0 Å². The van der Waals surface area contributed by atoms with Gasteiger partial charge in [0.05, 0.1) is 35.1 Å². The summed E-state index contributed by atoms with van der Waals surface area (Å²) in [6.45, 7) is 4.45. The third-order valence-electron chi connectivity index (χ3n) is 5.72. The van der Waals surface area contributed by atoms with Crippen LogP contribution in [0, 0.1) is 5.92 Å². The Labute approximate surface area is 187 Å².